The van der Waals surface area contributed by atoms with Crippen LogP contribution in [0.4, 0.5) is 5.69 Å². The molecule has 0 heterocycles. The quantitative estimate of drug-likeness (QED) is 0.687. The monoisotopic (exact) mass is 276 g/mol. The van der Waals surface area contributed by atoms with E-state index in [1.165, 1.54) is 43.4 Å². The number of hydrogen-bond donors (Lipinski definition) is 1. The lowest BCUT2D eigenvalue weighted by Crippen LogP contribution is -2.25. The van der Waals surface area contributed by atoms with Crippen LogP contribution in [0.25, 0.3) is 0 Å². The zero-order valence-corrected chi connectivity index (χ0v) is 13.6. The van der Waals surface area contributed by atoms with Crippen molar-refractivity contribution in [3.05, 3.63) is 29.8 Å². The van der Waals surface area contributed by atoms with Crippen molar-refractivity contribution in [1.82, 2.24) is 0 Å². The van der Waals surface area contributed by atoms with Gasteiger partial charge >= 0.3 is 0 Å². The van der Waals surface area contributed by atoms with E-state index in [2.05, 4.69) is 49.9 Å². The summed E-state index contributed by atoms with van der Waals surface area (Å²) in [7, 11) is 0. The van der Waals surface area contributed by atoms with Crippen molar-refractivity contribution < 1.29 is 0 Å². The van der Waals surface area contributed by atoms with Crippen LogP contribution in [0.3, 0.4) is 0 Å². The third-order valence-corrected chi connectivity index (χ3v) is 4.15. The highest BCUT2D eigenvalue weighted by Crippen LogP contribution is 2.22. The van der Waals surface area contributed by atoms with Crippen LogP contribution in [0.1, 0.15) is 51.5 Å². The number of anilines is 1. The van der Waals surface area contributed by atoms with Crippen LogP contribution in [-0.4, -0.2) is 19.6 Å². The van der Waals surface area contributed by atoms with Gasteiger partial charge in [0.1, 0.15) is 0 Å². The summed E-state index contributed by atoms with van der Waals surface area (Å²) in [6.45, 7) is 9.80. The molecule has 2 N–H and O–H groups in total. The number of aryl methyl sites for hydroxylation is 1. The molecule has 0 aromatic heterocycles. The molecular formula is C18H32N2. The van der Waals surface area contributed by atoms with Gasteiger partial charge in [-0.05, 0) is 57.2 Å². The minimum atomic E-state index is 0.820. The Bertz CT molecular complexity index is 356. The van der Waals surface area contributed by atoms with Crippen LogP contribution in [-0.2, 0) is 0 Å². The standard InChI is InChI=1S/C18H32N2/c1-4-9-17(13-14-19)11-8-15-20(5-2)18-12-7-6-10-16(18)3/h6-7,10,12,17H,4-5,8-9,11,13-15,19H2,1-3H3. The SMILES string of the molecule is CCCC(CCN)CCCN(CC)c1ccccc1C. The van der Waals surface area contributed by atoms with E-state index in [9.17, 15) is 0 Å². The van der Waals surface area contributed by atoms with E-state index in [4.69, 9.17) is 5.73 Å². The maximum Gasteiger partial charge on any atom is 0.0395 e. The molecule has 2 nitrogen and oxygen atoms in total. The Kier molecular flexibility index (Phi) is 8.36. The van der Waals surface area contributed by atoms with Crippen LogP contribution in [0, 0.1) is 12.8 Å². The highest BCUT2D eigenvalue weighted by atomic mass is 15.1. The average Bonchev–Trinajstić information content (AvgIpc) is 2.45. The Morgan fingerprint density at radius 2 is 1.85 bits per heavy atom. The fourth-order valence-electron chi connectivity index (χ4n) is 3.01. The van der Waals surface area contributed by atoms with Gasteiger partial charge in [0.05, 0.1) is 0 Å². The molecule has 0 aliphatic rings. The maximum absolute atomic E-state index is 5.72. The summed E-state index contributed by atoms with van der Waals surface area (Å²) in [5.74, 6) is 0.820. The van der Waals surface area contributed by atoms with Crippen LogP contribution >= 0.6 is 0 Å². The molecule has 0 saturated carbocycles. The minimum absolute atomic E-state index is 0.820. The lowest BCUT2D eigenvalue weighted by molar-refractivity contribution is 0.409. The Balaban J connectivity index is 2.47. The molecular weight excluding hydrogens is 244 g/mol. The summed E-state index contributed by atoms with van der Waals surface area (Å²) >= 11 is 0. The summed E-state index contributed by atoms with van der Waals surface area (Å²) in [6.07, 6.45) is 6.37. The number of hydrogen-bond acceptors (Lipinski definition) is 2. The van der Waals surface area contributed by atoms with E-state index in [1.54, 1.807) is 0 Å². The minimum Gasteiger partial charge on any atom is -0.372 e. The summed E-state index contributed by atoms with van der Waals surface area (Å²) < 4.78 is 0. The fourth-order valence-corrected chi connectivity index (χ4v) is 3.01. The maximum atomic E-state index is 5.72. The van der Waals surface area contributed by atoms with Crippen LogP contribution < -0.4 is 10.6 Å². The van der Waals surface area contributed by atoms with Gasteiger partial charge in [0.2, 0.25) is 0 Å². The van der Waals surface area contributed by atoms with E-state index in [0.29, 0.717) is 0 Å². The first-order valence-corrected chi connectivity index (χ1v) is 8.23. The first kappa shape index (κ1) is 17.0. The molecule has 1 aromatic rings. The van der Waals surface area contributed by atoms with E-state index < -0.39 is 0 Å². The van der Waals surface area contributed by atoms with Gasteiger partial charge in [-0.2, -0.15) is 0 Å². The largest absolute Gasteiger partial charge is 0.372 e. The topological polar surface area (TPSA) is 29.3 Å². The zero-order valence-electron chi connectivity index (χ0n) is 13.6. The molecule has 0 radical (unpaired) electrons. The summed E-state index contributed by atoms with van der Waals surface area (Å²) in [5.41, 5.74) is 8.48. The number of rotatable bonds is 10. The predicted octanol–water partition coefficient (Wildman–Crippen LogP) is 4.37. The molecule has 0 amide bonds. The van der Waals surface area contributed by atoms with E-state index in [-0.39, 0.29) is 0 Å². The molecule has 0 bridgehead atoms. The normalized spacial score (nSPS) is 12.4. The molecule has 2 heteroatoms. The third-order valence-electron chi connectivity index (χ3n) is 4.15. The van der Waals surface area contributed by atoms with Crippen molar-refractivity contribution in [2.24, 2.45) is 11.7 Å². The van der Waals surface area contributed by atoms with Crippen molar-refractivity contribution in [3.63, 3.8) is 0 Å². The Morgan fingerprint density at radius 3 is 2.45 bits per heavy atom. The van der Waals surface area contributed by atoms with Gasteiger partial charge in [-0.1, -0.05) is 38.0 Å². The zero-order chi connectivity index (χ0) is 14.8. The Labute approximate surface area is 125 Å². The van der Waals surface area contributed by atoms with E-state index in [1.807, 2.05) is 0 Å². The summed E-state index contributed by atoms with van der Waals surface area (Å²) in [4.78, 5) is 2.50. The first-order valence-electron chi connectivity index (χ1n) is 8.23. The van der Waals surface area contributed by atoms with E-state index >= 15 is 0 Å². The summed E-state index contributed by atoms with van der Waals surface area (Å²) in [6, 6.07) is 8.69. The van der Waals surface area contributed by atoms with E-state index in [0.717, 1.165) is 25.6 Å². The van der Waals surface area contributed by atoms with Gasteiger partial charge in [-0.15, -0.1) is 0 Å². The van der Waals surface area contributed by atoms with Gasteiger partial charge in [0.15, 0.2) is 0 Å². The molecule has 1 unspecified atom stereocenters. The van der Waals surface area contributed by atoms with Gasteiger partial charge in [-0.3, -0.25) is 0 Å². The predicted molar refractivity (Wildman–Crippen MR) is 90.4 cm³/mol. The first-order chi connectivity index (χ1) is 9.72. The molecule has 0 saturated heterocycles. The third kappa shape index (κ3) is 5.54. The fraction of sp³-hybridized carbons (Fsp3) is 0.667. The van der Waals surface area contributed by atoms with Crippen LogP contribution in [0.5, 0.6) is 0 Å². The molecule has 0 spiro atoms. The van der Waals surface area contributed by atoms with Gasteiger partial charge in [-0.25, -0.2) is 0 Å². The molecule has 114 valence electrons. The van der Waals surface area contributed by atoms with Crippen molar-refractivity contribution in [3.8, 4) is 0 Å². The van der Waals surface area contributed by atoms with Gasteiger partial charge < -0.3 is 10.6 Å². The Hall–Kier alpha value is -1.02. The smallest absolute Gasteiger partial charge is 0.0395 e. The highest BCUT2D eigenvalue weighted by Gasteiger charge is 2.10. The summed E-state index contributed by atoms with van der Waals surface area (Å²) in [5, 5.41) is 0. The number of para-hydroxylation sites is 1. The van der Waals surface area contributed by atoms with Crippen molar-refractivity contribution in [1.29, 1.82) is 0 Å². The van der Waals surface area contributed by atoms with Crippen molar-refractivity contribution in [2.45, 2.75) is 52.9 Å². The van der Waals surface area contributed by atoms with Crippen LogP contribution in [0.2, 0.25) is 0 Å². The molecule has 1 aromatic carbocycles. The second kappa shape index (κ2) is 9.82. The molecule has 20 heavy (non-hydrogen) atoms. The molecule has 0 aliphatic heterocycles. The highest BCUT2D eigenvalue weighted by molar-refractivity contribution is 5.52. The molecule has 1 atom stereocenters. The van der Waals surface area contributed by atoms with Crippen molar-refractivity contribution >= 4 is 5.69 Å². The molecule has 0 fully saturated rings. The van der Waals surface area contributed by atoms with Crippen LogP contribution in [0.15, 0.2) is 24.3 Å². The second-order valence-corrected chi connectivity index (χ2v) is 5.74. The van der Waals surface area contributed by atoms with Gasteiger partial charge in [0.25, 0.3) is 0 Å². The second-order valence-electron chi connectivity index (χ2n) is 5.74. The number of nitrogens with zero attached hydrogens (tertiary/aromatic N) is 1. The lowest BCUT2D eigenvalue weighted by atomic mass is 9.94. The molecule has 0 aliphatic carbocycles. The lowest BCUT2D eigenvalue weighted by Gasteiger charge is -2.26. The van der Waals surface area contributed by atoms with Gasteiger partial charge in [0, 0.05) is 18.8 Å². The molecule has 1 rings (SSSR count). The number of benzene rings is 1. The Morgan fingerprint density at radius 1 is 1.10 bits per heavy atom. The van der Waals surface area contributed by atoms with Crippen molar-refractivity contribution in [2.75, 3.05) is 24.5 Å². The average molecular weight is 276 g/mol. The number of nitrogens with two attached hydrogens (primary N) is 1.